The summed E-state index contributed by atoms with van der Waals surface area (Å²) >= 11 is 1.31. The lowest BCUT2D eigenvalue weighted by Crippen LogP contribution is -2.33. The molecule has 1 aromatic heterocycles. The average Bonchev–Trinajstić information content (AvgIpc) is 2.75. The molecular formula is C8H13N3O2S2. The van der Waals surface area contributed by atoms with Gasteiger partial charge in [-0.05, 0) is 19.8 Å². The van der Waals surface area contributed by atoms with Crippen molar-refractivity contribution in [2.24, 2.45) is 0 Å². The third kappa shape index (κ3) is 2.47. The van der Waals surface area contributed by atoms with Gasteiger partial charge in [0.25, 0.3) is 0 Å². The predicted molar refractivity (Wildman–Crippen MR) is 60.2 cm³/mol. The minimum Gasteiger partial charge on any atom is -0.246 e. The van der Waals surface area contributed by atoms with Crippen molar-refractivity contribution in [3.8, 4) is 0 Å². The van der Waals surface area contributed by atoms with Crippen molar-refractivity contribution in [3.05, 3.63) is 11.1 Å². The highest BCUT2D eigenvalue weighted by molar-refractivity contribution is 7.90. The average molecular weight is 247 g/mol. The summed E-state index contributed by atoms with van der Waals surface area (Å²) in [5.41, 5.74) is 0.833. The molecular weight excluding hydrogens is 234 g/mol. The van der Waals surface area contributed by atoms with Gasteiger partial charge in [0.2, 0.25) is 0 Å². The molecule has 5 nitrogen and oxygen atoms in total. The summed E-state index contributed by atoms with van der Waals surface area (Å²) in [5, 5.41) is 2.27. The van der Waals surface area contributed by atoms with Crippen LogP contribution in [0.4, 0.5) is 5.13 Å². The topological polar surface area (TPSA) is 62.3 Å². The Morgan fingerprint density at radius 2 is 2.13 bits per heavy atom. The number of hydrogen-bond acceptors (Lipinski definition) is 4. The van der Waals surface area contributed by atoms with Crippen LogP contribution in [0.25, 0.3) is 0 Å². The van der Waals surface area contributed by atoms with E-state index in [1.165, 1.54) is 15.6 Å². The van der Waals surface area contributed by atoms with Gasteiger partial charge >= 0.3 is 10.2 Å². The van der Waals surface area contributed by atoms with Crippen LogP contribution in [0, 0.1) is 6.92 Å². The van der Waals surface area contributed by atoms with Crippen LogP contribution in [0.2, 0.25) is 0 Å². The molecule has 0 amide bonds. The highest BCUT2D eigenvalue weighted by Crippen LogP contribution is 2.19. The van der Waals surface area contributed by atoms with Crippen molar-refractivity contribution in [1.82, 2.24) is 9.29 Å². The molecule has 1 fully saturated rings. The van der Waals surface area contributed by atoms with E-state index in [1.807, 2.05) is 12.3 Å². The molecule has 1 N–H and O–H groups in total. The molecule has 1 aliphatic rings. The van der Waals surface area contributed by atoms with E-state index >= 15 is 0 Å². The second-order valence-corrected chi connectivity index (χ2v) is 6.04. The molecule has 0 bridgehead atoms. The van der Waals surface area contributed by atoms with E-state index in [-0.39, 0.29) is 0 Å². The van der Waals surface area contributed by atoms with Gasteiger partial charge < -0.3 is 0 Å². The van der Waals surface area contributed by atoms with Crippen LogP contribution in [-0.2, 0) is 10.2 Å². The molecule has 0 aliphatic carbocycles. The number of aromatic nitrogens is 1. The normalized spacial score (nSPS) is 18.2. The van der Waals surface area contributed by atoms with Crippen molar-refractivity contribution in [2.45, 2.75) is 19.8 Å². The van der Waals surface area contributed by atoms with Gasteiger partial charge in [0.1, 0.15) is 0 Å². The maximum absolute atomic E-state index is 11.8. The fraction of sp³-hybridized carbons (Fsp3) is 0.625. The van der Waals surface area contributed by atoms with Crippen LogP contribution in [0.1, 0.15) is 18.5 Å². The number of anilines is 1. The zero-order chi connectivity index (χ0) is 10.9. The smallest absolute Gasteiger partial charge is 0.246 e. The summed E-state index contributed by atoms with van der Waals surface area (Å²) in [7, 11) is -3.37. The van der Waals surface area contributed by atoms with Crippen molar-refractivity contribution < 1.29 is 8.42 Å². The Bertz CT molecular complexity index is 434. The van der Waals surface area contributed by atoms with Crippen molar-refractivity contribution in [1.29, 1.82) is 0 Å². The maximum atomic E-state index is 11.8. The third-order valence-corrected chi connectivity index (χ3v) is 4.74. The monoisotopic (exact) mass is 247 g/mol. The summed E-state index contributed by atoms with van der Waals surface area (Å²) in [6, 6.07) is 0. The molecule has 1 aliphatic heterocycles. The first-order valence-corrected chi connectivity index (χ1v) is 7.10. The lowest BCUT2D eigenvalue weighted by molar-refractivity contribution is 0.482. The molecule has 0 aromatic carbocycles. The molecule has 1 saturated heterocycles. The first-order chi connectivity index (χ1) is 7.08. The zero-order valence-corrected chi connectivity index (χ0v) is 10.1. The van der Waals surface area contributed by atoms with E-state index in [9.17, 15) is 8.42 Å². The minimum absolute atomic E-state index is 0.444. The van der Waals surface area contributed by atoms with Crippen LogP contribution in [0.3, 0.4) is 0 Å². The molecule has 2 heterocycles. The van der Waals surface area contributed by atoms with E-state index in [0.29, 0.717) is 18.2 Å². The summed E-state index contributed by atoms with van der Waals surface area (Å²) in [4.78, 5) is 4.07. The quantitative estimate of drug-likeness (QED) is 0.873. The number of hydrogen-bond donors (Lipinski definition) is 1. The van der Waals surface area contributed by atoms with Gasteiger partial charge in [0.05, 0.1) is 5.69 Å². The minimum atomic E-state index is -3.37. The second-order valence-electron chi connectivity index (χ2n) is 3.51. The van der Waals surface area contributed by atoms with Gasteiger partial charge in [-0.15, -0.1) is 11.3 Å². The number of nitrogens with zero attached hydrogens (tertiary/aromatic N) is 2. The first-order valence-electron chi connectivity index (χ1n) is 4.78. The number of aryl methyl sites for hydroxylation is 1. The highest BCUT2D eigenvalue weighted by Gasteiger charge is 2.25. The molecule has 7 heteroatoms. The molecule has 0 saturated carbocycles. The van der Waals surface area contributed by atoms with Crippen LogP contribution < -0.4 is 4.72 Å². The molecule has 15 heavy (non-hydrogen) atoms. The van der Waals surface area contributed by atoms with E-state index in [4.69, 9.17) is 0 Å². The SMILES string of the molecule is Cc1csc(NS(=O)(=O)N2CCCC2)n1. The lowest BCUT2D eigenvalue weighted by atomic mass is 10.4. The highest BCUT2D eigenvalue weighted by atomic mass is 32.2. The first kappa shape index (κ1) is 10.8. The Morgan fingerprint density at radius 1 is 1.47 bits per heavy atom. The van der Waals surface area contributed by atoms with Gasteiger partial charge in [-0.1, -0.05) is 0 Å². The van der Waals surface area contributed by atoms with Crippen molar-refractivity contribution in [2.75, 3.05) is 17.8 Å². The van der Waals surface area contributed by atoms with E-state index in [2.05, 4.69) is 9.71 Å². The Kier molecular flexibility index (Phi) is 2.94. The van der Waals surface area contributed by atoms with Crippen LogP contribution >= 0.6 is 11.3 Å². The molecule has 0 spiro atoms. The van der Waals surface area contributed by atoms with Gasteiger partial charge in [-0.2, -0.15) is 12.7 Å². The Hall–Kier alpha value is -0.660. The molecule has 0 radical (unpaired) electrons. The van der Waals surface area contributed by atoms with Crippen molar-refractivity contribution >= 4 is 26.7 Å². The number of thiazole rings is 1. The predicted octanol–water partition coefficient (Wildman–Crippen LogP) is 1.20. The van der Waals surface area contributed by atoms with Gasteiger partial charge in [0.15, 0.2) is 5.13 Å². The third-order valence-electron chi connectivity index (χ3n) is 2.24. The maximum Gasteiger partial charge on any atom is 0.303 e. The molecule has 1 aromatic rings. The van der Waals surface area contributed by atoms with Gasteiger partial charge in [-0.3, -0.25) is 0 Å². The Balaban J connectivity index is 2.10. The Morgan fingerprint density at radius 3 is 2.67 bits per heavy atom. The van der Waals surface area contributed by atoms with Crippen LogP contribution in [-0.4, -0.2) is 30.8 Å². The standard InChI is InChI=1S/C8H13N3O2S2/c1-7-6-14-8(9-7)10-15(12,13)11-4-2-3-5-11/h6H,2-5H2,1H3,(H,9,10). The number of rotatable bonds is 3. The van der Waals surface area contributed by atoms with Crippen LogP contribution in [0.5, 0.6) is 0 Å². The van der Waals surface area contributed by atoms with Crippen LogP contribution in [0.15, 0.2) is 5.38 Å². The van der Waals surface area contributed by atoms with E-state index < -0.39 is 10.2 Å². The van der Waals surface area contributed by atoms with E-state index in [1.54, 1.807) is 0 Å². The van der Waals surface area contributed by atoms with E-state index in [0.717, 1.165) is 18.5 Å². The zero-order valence-electron chi connectivity index (χ0n) is 8.43. The summed E-state index contributed by atoms with van der Waals surface area (Å²) in [5.74, 6) is 0. The molecule has 2 rings (SSSR count). The Labute approximate surface area is 93.3 Å². The fourth-order valence-corrected chi connectivity index (χ4v) is 3.68. The molecule has 0 atom stereocenters. The molecule has 0 unspecified atom stereocenters. The fourth-order valence-electron chi connectivity index (χ4n) is 1.50. The van der Waals surface area contributed by atoms with Gasteiger partial charge in [-0.25, -0.2) is 9.71 Å². The van der Waals surface area contributed by atoms with Crippen molar-refractivity contribution in [3.63, 3.8) is 0 Å². The second kappa shape index (κ2) is 4.07. The van der Waals surface area contributed by atoms with Gasteiger partial charge in [0, 0.05) is 18.5 Å². The number of nitrogens with one attached hydrogen (secondary N) is 1. The summed E-state index contributed by atoms with van der Waals surface area (Å²) < 4.78 is 27.5. The summed E-state index contributed by atoms with van der Waals surface area (Å²) in [6.07, 6.45) is 1.88. The largest absolute Gasteiger partial charge is 0.303 e. The lowest BCUT2D eigenvalue weighted by Gasteiger charge is -2.14. The summed E-state index contributed by atoms with van der Waals surface area (Å²) in [6.45, 7) is 3.06. The molecule has 84 valence electrons.